The monoisotopic (exact) mass is 363 g/mol. The molecule has 0 radical (unpaired) electrons. The lowest BCUT2D eigenvalue weighted by Gasteiger charge is -2.18. The number of carboxylic acids is 1. The van der Waals surface area contributed by atoms with Crippen LogP contribution in [-0.4, -0.2) is 30.2 Å². The Morgan fingerprint density at radius 3 is 2.32 bits per heavy atom. The molecule has 1 aromatic heterocycles. The largest absolute Gasteiger partial charge is 0.493 e. The molecule has 134 valence electrons. The maximum Gasteiger partial charge on any atom is 0.345 e. The lowest BCUT2D eigenvalue weighted by Crippen LogP contribution is -2.25. The van der Waals surface area contributed by atoms with Crippen molar-refractivity contribution in [3.05, 3.63) is 45.6 Å². The molecule has 0 aliphatic heterocycles. The Kier molecular flexibility index (Phi) is 6.03. The van der Waals surface area contributed by atoms with Gasteiger partial charge in [0.1, 0.15) is 4.88 Å². The molecule has 1 heterocycles. The van der Waals surface area contributed by atoms with E-state index in [0.29, 0.717) is 16.4 Å². The Hall–Kier alpha value is -2.54. The Bertz CT molecular complexity index is 769. The number of aromatic carboxylic acids is 1. The highest BCUT2D eigenvalue weighted by molar-refractivity contribution is 7.15. The number of thiophene rings is 1. The molecule has 0 bridgehead atoms. The summed E-state index contributed by atoms with van der Waals surface area (Å²) in [5.41, 5.74) is 0.858. The third-order valence-corrected chi connectivity index (χ3v) is 4.51. The Balaban J connectivity index is 2.12. The molecule has 6 nitrogen and oxygen atoms in total. The fraction of sp³-hybridized carbons (Fsp3) is 0.333. The number of carbonyl (C=O) groups excluding carboxylic acids is 1. The van der Waals surface area contributed by atoms with E-state index < -0.39 is 5.97 Å². The second-order valence-corrected chi connectivity index (χ2v) is 6.82. The van der Waals surface area contributed by atoms with Gasteiger partial charge >= 0.3 is 5.97 Å². The van der Waals surface area contributed by atoms with Gasteiger partial charge in [-0.3, -0.25) is 4.79 Å². The zero-order chi connectivity index (χ0) is 18.6. The maximum absolute atomic E-state index is 12.3. The van der Waals surface area contributed by atoms with Crippen molar-refractivity contribution in [3.8, 4) is 11.5 Å². The van der Waals surface area contributed by atoms with E-state index in [0.717, 1.165) is 16.9 Å². The van der Waals surface area contributed by atoms with Gasteiger partial charge in [-0.15, -0.1) is 11.3 Å². The van der Waals surface area contributed by atoms with Crippen LogP contribution in [0.3, 0.4) is 0 Å². The van der Waals surface area contributed by atoms with Gasteiger partial charge in [-0.1, -0.05) is 6.07 Å². The lowest BCUT2D eigenvalue weighted by molar-refractivity contribution is 0.0702. The van der Waals surface area contributed by atoms with Crippen LogP contribution in [-0.2, 0) is 0 Å². The number of hydrogen-bond donors (Lipinski definition) is 2. The number of carbonyl (C=O) groups is 2. The molecule has 25 heavy (non-hydrogen) atoms. The Morgan fingerprint density at radius 2 is 1.76 bits per heavy atom. The van der Waals surface area contributed by atoms with Gasteiger partial charge in [0.05, 0.1) is 24.1 Å². The number of methoxy groups -OCH3 is 1. The van der Waals surface area contributed by atoms with Gasteiger partial charge in [0.25, 0.3) is 5.91 Å². The number of ether oxygens (including phenoxy) is 2. The number of benzene rings is 1. The van der Waals surface area contributed by atoms with Crippen LogP contribution in [0.2, 0.25) is 0 Å². The molecule has 2 aromatic rings. The Morgan fingerprint density at radius 1 is 1.08 bits per heavy atom. The fourth-order valence-electron chi connectivity index (χ4n) is 2.23. The van der Waals surface area contributed by atoms with Crippen LogP contribution >= 0.6 is 11.3 Å². The smallest absolute Gasteiger partial charge is 0.345 e. The van der Waals surface area contributed by atoms with Gasteiger partial charge in [0.15, 0.2) is 11.5 Å². The quantitative estimate of drug-likeness (QED) is 0.783. The highest BCUT2D eigenvalue weighted by atomic mass is 32.1. The standard InChI is InChI=1S/C18H21NO5S/c1-10(2)24-13-6-5-12(9-14(13)23-4)11(3)19-17(20)15-7-8-16(25-15)18(21)22/h5-11H,1-4H3,(H,19,20)(H,21,22). The van der Waals surface area contributed by atoms with Crippen molar-refractivity contribution in [2.75, 3.05) is 7.11 Å². The van der Waals surface area contributed by atoms with Gasteiger partial charge in [-0.25, -0.2) is 4.79 Å². The molecule has 0 saturated heterocycles. The minimum atomic E-state index is -1.04. The summed E-state index contributed by atoms with van der Waals surface area (Å²) >= 11 is 0.947. The summed E-state index contributed by atoms with van der Waals surface area (Å²) in [6.45, 7) is 5.71. The summed E-state index contributed by atoms with van der Waals surface area (Å²) in [6.07, 6.45) is 0.0270. The van der Waals surface area contributed by atoms with Crippen LogP contribution in [0.15, 0.2) is 30.3 Å². The molecular formula is C18H21NO5S. The molecule has 1 aromatic carbocycles. The second kappa shape index (κ2) is 8.02. The molecule has 0 aliphatic rings. The molecule has 0 fully saturated rings. The minimum absolute atomic E-state index is 0.0270. The average molecular weight is 363 g/mol. The zero-order valence-electron chi connectivity index (χ0n) is 14.5. The van der Waals surface area contributed by atoms with Crippen LogP contribution in [0, 0.1) is 0 Å². The van der Waals surface area contributed by atoms with E-state index in [2.05, 4.69) is 5.32 Å². The van der Waals surface area contributed by atoms with E-state index in [4.69, 9.17) is 14.6 Å². The van der Waals surface area contributed by atoms with Crippen molar-refractivity contribution >= 4 is 23.2 Å². The summed E-state index contributed by atoms with van der Waals surface area (Å²) in [5.74, 6) is -0.116. The molecule has 7 heteroatoms. The van der Waals surface area contributed by atoms with Crippen molar-refractivity contribution < 1.29 is 24.2 Å². The fourth-order valence-corrected chi connectivity index (χ4v) is 2.98. The molecule has 1 atom stereocenters. The summed E-state index contributed by atoms with van der Waals surface area (Å²) in [4.78, 5) is 23.7. The van der Waals surface area contributed by atoms with E-state index in [1.807, 2.05) is 39.0 Å². The molecule has 2 N–H and O–H groups in total. The predicted molar refractivity (Wildman–Crippen MR) is 95.9 cm³/mol. The number of amides is 1. The third-order valence-electron chi connectivity index (χ3n) is 3.44. The van der Waals surface area contributed by atoms with E-state index in [9.17, 15) is 9.59 Å². The van der Waals surface area contributed by atoms with Crippen LogP contribution in [0.1, 0.15) is 51.7 Å². The Labute approximate surface area is 150 Å². The highest BCUT2D eigenvalue weighted by Gasteiger charge is 2.17. The van der Waals surface area contributed by atoms with Gasteiger partial charge in [0.2, 0.25) is 0 Å². The third kappa shape index (κ3) is 4.73. The van der Waals surface area contributed by atoms with Crippen molar-refractivity contribution in [3.63, 3.8) is 0 Å². The number of nitrogens with one attached hydrogen (secondary N) is 1. The van der Waals surface area contributed by atoms with E-state index in [-0.39, 0.29) is 22.9 Å². The molecule has 2 rings (SSSR count). The van der Waals surface area contributed by atoms with Crippen LogP contribution in [0.4, 0.5) is 0 Å². The molecule has 0 aliphatic carbocycles. The molecular weight excluding hydrogens is 342 g/mol. The van der Waals surface area contributed by atoms with Gasteiger partial charge in [-0.05, 0) is 50.6 Å². The number of hydrogen-bond acceptors (Lipinski definition) is 5. The number of carboxylic acid groups (broad SMARTS) is 1. The van der Waals surface area contributed by atoms with Crippen molar-refractivity contribution in [1.29, 1.82) is 0 Å². The molecule has 0 spiro atoms. The van der Waals surface area contributed by atoms with Crippen molar-refractivity contribution in [2.24, 2.45) is 0 Å². The van der Waals surface area contributed by atoms with Crippen LogP contribution in [0.5, 0.6) is 11.5 Å². The number of rotatable bonds is 7. The topological polar surface area (TPSA) is 84.9 Å². The molecule has 0 saturated carbocycles. The summed E-state index contributed by atoms with van der Waals surface area (Å²) < 4.78 is 11.0. The summed E-state index contributed by atoms with van der Waals surface area (Å²) in [5, 5.41) is 11.8. The van der Waals surface area contributed by atoms with Crippen molar-refractivity contribution in [2.45, 2.75) is 32.9 Å². The minimum Gasteiger partial charge on any atom is -0.493 e. The summed E-state index contributed by atoms with van der Waals surface area (Å²) in [7, 11) is 1.56. The predicted octanol–water partition coefficient (Wildman–Crippen LogP) is 3.73. The van der Waals surface area contributed by atoms with Crippen LogP contribution in [0.25, 0.3) is 0 Å². The van der Waals surface area contributed by atoms with Crippen molar-refractivity contribution in [1.82, 2.24) is 5.32 Å². The second-order valence-electron chi connectivity index (χ2n) is 5.74. The normalized spacial score (nSPS) is 11.9. The van der Waals surface area contributed by atoms with E-state index in [1.54, 1.807) is 7.11 Å². The van der Waals surface area contributed by atoms with Gasteiger partial charge in [-0.2, -0.15) is 0 Å². The van der Waals surface area contributed by atoms with Gasteiger partial charge < -0.3 is 19.9 Å². The molecule has 1 amide bonds. The van der Waals surface area contributed by atoms with Crippen LogP contribution < -0.4 is 14.8 Å². The first-order chi connectivity index (χ1) is 11.8. The zero-order valence-corrected chi connectivity index (χ0v) is 15.3. The highest BCUT2D eigenvalue weighted by Crippen LogP contribution is 2.31. The lowest BCUT2D eigenvalue weighted by atomic mass is 10.1. The first-order valence-electron chi connectivity index (χ1n) is 7.80. The van der Waals surface area contributed by atoms with E-state index in [1.165, 1.54) is 12.1 Å². The van der Waals surface area contributed by atoms with Gasteiger partial charge in [0, 0.05) is 0 Å². The average Bonchev–Trinajstić information content (AvgIpc) is 3.05. The molecule has 1 unspecified atom stereocenters. The first kappa shape index (κ1) is 18.8. The SMILES string of the molecule is COc1cc(C(C)NC(=O)c2ccc(C(=O)O)s2)ccc1OC(C)C. The van der Waals surface area contributed by atoms with E-state index >= 15 is 0 Å². The summed E-state index contributed by atoms with van der Waals surface area (Å²) in [6, 6.07) is 8.15. The maximum atomic E-state index is 12.3. The first-order valence-corrected chi connectivity index (χ1v) is 8.62.